The average molecular weight is 184 g/mol. The standard InChI is InChI=1S/C11H24N2/c1-11(2,3)12(4)9-10-13-7-5-6-8-13/h5-10H2,1-4H3. The number of hydrogen-bond donors (Lipinski definition) is 0. The molecule has 2 heteroatoms. The van der Waals surface area contributed by atoms with E-state index in [9.17, 15) is 0 Å². The van der Waals surface area contributed by atoms with Crippen molar-refractivity contribution in [2.24, 2.45) is 0 Å². The zero-order valence-corrected chi connectivity index (χ0v) is 9.64. The van der Waals surface area contributed by atoms with Crippen LogP contribution in [0.3, 0.4) is 0 Å². The van der Waals surface area contributed by atoms with Crippen LogP contribution in [0.2, 0.25) is 0 Å². The van der Waals surface area contributed by atoms with Crippen molar-refractivity contribution in [3.8, 4) is 0 Å². The van der Waals surface area contributed by atoms with Gasteiger partial charge in [-0.25, -0.2) is 0 Å². The summed E-state index contributed by atoms with van der Waals surface area (Å²) in [6.07, 6.45) is 2.80. The van der Waals surface area contributed by atoms with Gasteiger partial charge in [-0.3, -0.25) is 0 Å². The summed E-state index contributed by atoms with van der Waals surface area (Å²) >= 11 is 0. The predicted molar refractivity (Wildman–Crippen MR) is 58.1 cm³/mol. The van der Waals surface area contributed by atoms with Crippen molar-refractivity contribution in [2.75, 3.05) is 33.2 Å². The van der Waals surface area contributed by atoms with Crippen LogP contribution in [0.25, 0.3) is 0 Å². The lowest BCUT2D eigenvalue weighted by Crippen LogP contribution is -2.42. The fraction of sp³-hybridized carbons (Fsp3) is 1.00. The highest BCUT2D eigenvalue weighted by Gasteiger charge is 2.18. The Hall–Kier alpha value is -0.0800. The topological polar surface area (TPSA) is 6.48 Å². The van der Waals surface area contributed by atoms with E-state index in [4.69, 9.17) is 0 Å². The van der Waals surface area contributed by atoms with Gasteiger partial charge in [0, 0.05) is 18.6 Å². The van der Waals surface area contributed by atoms with Gasteiger partial charge < -0.3 is 9.80 Å². The molecule has 1 saturated heterocycles. The van der Waals surface area contributed by atoms with Crippen LogP contribution >= 0.6 is 0 Å². The summed E-state index contributed by atoms with van der Waals surface area (Å²) in [4.78, 5) is 5.01. The van der Waals surface area contributed by atoms with Crippen LogP contribution < -0.4 is 0 Å². The second-order valence-corrected chi connectivity index (χ2v) is 5.14. The van der Waals surface area contributed by atoms with Crippen molar-refractivity contribution >= 4 is 0 Å². The summed E-state index contributed by atoms with van der Waals surface area (Å²) in [5.41, 5.74) is 0.319. The second kappa shape index (κ2) is 4.43. The van der Waals surface area contributed by atoms with E-state index in [-0.39, 0.29) is 0 Å². The maximum Gasteiger partial charge on any atom is 0.0122 e. The predicted octanol–water partition coefficient (Wildman–Crippen LogP) is 1.81. The van der Waals surface area contributed by atoms with Gasteiger partial charge in [0.05, 0.1) is 0 Å². The summed E-state index contributed by atoms with van der Waals surface area (Å²) < 4.78 is 0. The maximum absolute atomic E-state index is 2.57. The van der Waals surface area contributed by atoms with E-state index in [1.165, 1.54) is 39.0 Å². The van der Waals surface area contributed by atoms with Gasteiger partial charge in [-0.2, -0.15) is 0 Å². The summed E-state index contributed by atoms with van der Waals surface area (Å²) in [7, 11) is 2.22. The number of likely N-dealkylation sites (tertiary alicyclic amines) is 1. The van der Waals surface area contributed by atoms with Gasteiger partial charge in [0.2, 0.25) is 0 Å². The molecule has 0 unspecified atom stereocenters. The molecule has 1 heterocycles. The highest BCUT2D eigenvalue weighted by atomic mass is 15.2. The molecule has 0 amide bonds. The highest BCUT2D eigenvalue weighted by Crippen LogP contribution is 2.11. The van der Waals surface area contributed by atoms with E-state index in [2.05, 4.69) is 37.6 Å². The fourth-order valence-corrected chi connectivity index (χ4v) is 1.63. The minimum absolute atomic E-state index is 0.319. The van der Waals surface area contributed by atoms with Gasteiger partial charge in [0.25, 0.3) is 0 Å². The smallest absolute Gasteiger partial charge is 0.0122 e. The van der Waals surface area contributed by atoms with Crippen molar-refractivity contribution in [1.82, 2.24) is 9.80 Å². The monoisotopic (exact) mass is 184 g/mol. The van der Waals surface area contributed by atoms with Gasteiger partial charge in [-0.1, -0.05) is 0 Å². The van der Waals surface area contributed by atoms with Crippen molar-refractivity contribution in [3.63, 3.8) is 0 Å². The van der Waals surface area contributed by atoms with Crippen LogP contribution in [-0.2, 0) is 0 Å². The zero-order valence-electron chi connectivity index (χ0n) is 9.64. The summed E-state index contributed by atoms with van der Waals surface area (Å²) in [5.74, 6) is 0. The van der Waals surface area contributed by atoms with Crippen molar-refractivity contribution in [1.29, 1.82) is 0 Å². The first-order valence-electron chi connectivity index (χ1n) is 5.44. The van der Waals surface area contributed by atoms with Crippen molar-refractivity contribution < 1.29 is 0 Å². The zero-order chi connectivity index (χ0) is 9.90. The first-order valence-corrected chi connectivity index (χ1v) is 5.44. The Kier molecular flexibility index (Phi) is 3.74. The number of nitrogens with zero attached hydrogens (tertiary/aromatic N) is 2. The molecule has 1 aliphatic rings. The molecule has 0 bridgehead atoms. The third-order valence-corrected chi connectivity index (χ3v) is 3.10. The molecule has 1 aliphatic heterocycles. The van der Waals surface area contributed by atoms with E-state index < -0.39 is 0 Å². The van der Waals surface area contributed by atoms with Crippen LogP contribution in [0, 0.1) is 0 Å². The molecule has 0 N–H and O–H groups in total. The van der Waals surface area contributed by atoms with Crippen molar-refractivity contribution in [2.45, 2.75) is 39.2 Å². The lowest BCUT2D eigenvalue weighted by atomic mass is 10.1. The molecule has 1 rings (SSSR count). The molecule has 0 radical (unpaired) electrons. The van der Waals surface area contributed by atoms with E-state index in [0.717, 1.165) is 0 Å². The summed E-state index contributed by atoms with van der Waals surface area (Å²) in [5, 5.41) is 0. The summed E-state index contributed by atoms with van der Waals surface area (Å²) in [6.45, 7) is 11.9. The lowest BCUT2D eigenvalue weighted by Gasteiger charge is -2.33. The van der Waals surface area contributed by atoms with Crippen LogP contribution in [0.4, 0.5) is 0 Å². The van der Waals surface area contributed by atoms with E-state index in [1.54, 1.807) is 0 Å². The molecule has 0 aromatic rings. The second-order valence-electron chi connectivity index (χ2n) is 5.14. The SMILES string of the molecule is CN(CCN1CCCC1)C(C)(C)C. The van der Waals surface area contributed by atoms with Crippen LogP contribution in [0.5, 0.6) is 0 Å². The molecule has 78 valence electrons. The third kappa shape index (κ3) is 3.65. The highest BCUT2D eigenvalue weighted by molar-refractivity contribution is 4.75. The number of likely N-dealkylation sites (N-methyl/N-ethyl adjacent to an activating group) is 1. The van der Waals surface area contributed by atoms with E-state index in [0.29, 0.717) is 5.54 Å². The Morgan fingerprint density at radius 1 is 1.15 bits per heavy atom. The van der Waals surface area contributed by atoms with Crippen LogP contribution in [0.1, 0.15) is 33.6 Å². The largest absolute Gasteiger partial charge is 0.302 e. The molecule has 0 atom stereocenters. The molecule has 0 aromatic heterocycles. The lowest BCUT2D eigenvalue weighted by molar-refractivity contribution is 0.154. The van der Waals surface area contributed by atoms with Crippen LogP contribution in [0.15, 0.2) is 0 Å². The quantitative estimate of drug-likeness (QED) is 0.660. The first kappa shape index (κ1) is 11.0. The Morgan fingerprint density at radius 3 is 2.15 bits per heavy atom. The van der Waals surface area contributed by atoms with Gasteiger partial charge in [0.1, 0.15) is 0 Å². The van der Waals surface area contributed by atoms with Crippen LogP contribution in [-0.4, -0.2) is 48.6 Å². The normalized spacial score (nSPS) is 20.1. The summed E-state index contributed by atoms with van der Waals surface area (Å²) in [6, 6.07) is 0. The van der Waals surface area contributed by atoms with Gasteiger partial charge in [-0.15, -0.1) is 0 Å². The maximum atomic E-state index is 2.57. The molecule has 0 saturated carbocycles. The molecular formula is C11H24N2. The molecule has 0 aromatic carbocycles. The number of rotatable bonds is 3. The Morgan fingerprint density at radius 2 is 1.69 bits per heavy atom. The van der Waals surface area contributed by atoms with E-state index in [1.807, 2.05) is 0 Å². The van der Waals surface area contributed by atoms with Gasteiger partial charge in [-0.05, 0) is 53.8 Å². The Labute approximate surface area is 82.9 Å². The minimum atomic E-state index is 0.319. The van der Waals surface area contributed by atoms with E-state index >= 15 is 0 Å². The molecule has 0 spiro atoms. The molecule has 2 nitrogen and oxygen atoms in total. The van der Waals surface area contributed by atoms with Gasteiger partial charge >= 0.3 is 0 Å². The molecular weight excluding hydrogens is 160 g/mol. The molecule has 1 fully saturated rings. The Balaban J connectivity index is 2.17. The average Bonchev–Trinajstić information content (AvgIpc) is 2.50. The first-order chi connectivity index (χ1) is 6.00. The molecule has 0 aliphatic carbocycles. The molecule has 13 heavy (non-hydrogen) atoms. The third-order valence-electron chi connectivity index (χ3n) is 3.10. The minimum Gasteiger partial charge on any atom is -0.302 e. The van der Waals surface area contributed by atoms with Crippen molar-refractivity contribution in [3.05, 3.63) is 0 Å². The van der Waals surface area contributed by atoms with Gasteiger partial charge in [0.15, 0.2) is 0 Å². The fourth-order valence-electron chi connectivity index (χ4n) is 1.63. The Bertz CT molecular complexity index is 143. The number of hydrogen-bond acceptors (Lipinski definition) is 2.